The molecule has 0 saturated carbocycles. The van der Waals surface area contributed by atoms with Gasteiger partial charge in [-0.2, -0.15) is 0 Å². The number of hydrogen-bond acceptors (Lipinski definition) is 3. The lowest BCUT2D eigenvalue weighted by atomic mass is 9.93. The van der Waals surface area contributed by atoms with E-state index in [1.807, 2.05) is 0 Å². The van der Waals surface area contributed by atoms with Crippen LogP contribution in [0.4, 0.5) is 0 Å². The van der Waals surface area contributed by atoms with Gasteiger partial charge in [-0.05, 0) is 18.5 Å². The fourth-order valence-electron chi connectivity index (χ4n) is 1.40. The Morgan fingerprint density at radius 1 is 1.47 bits per heavy atom. The Hall–Kier alpha value is -0.610. The van der Waals surface area contributed by atoms with Crippen molar-refractivity contribution in [3.05, 3.63) is 0 Å². The number of carbonyl (C=O) groups is 1. The standard InChI is InChI=1S/C11H25N3O/c1-5-14(7-6-10(15)13-4)9-11(2,3)8-12/h5-9,12H2,1-4H3,(H,13,15). The fraction of sp³-hybridized carbons (Fsp3) is 0.909. The second-order valence-electron chi connectivity index (χ2n) is 4.66. The molecular weight excluding hydrogens is 190 g/mol. The van der Waals surface area contributed by atoms with Gasteiger partial charge in [-0.25, -0.2) is 0 Å². The molecule has 0 aromatic rings. The van der Waals surface area contributed by atoms with E-state index >= 15 is 0 Å². The third kappa shape index (κ3) is 6.47. The van der Waals surface area contributed by atoms with Crippen LogP contribution in [0.15, 0.2) is 0 Å². The Kier molecular flexibility index (Phi) is 6.52. The lowest BCUT2D eigenvalue weighted by Crippen LogP contribution is -2.40. The van der Waals surface area contributed by atoms with Crippen LogP contribution >= 0.6 is 0 Å². The van der Waals surface area contributed by atoms with E-state index in [4.69, 9.17) is 5.73 Å². The molecule has 0 saturated heterocycles. The number of rotatable bonds is 7. The molecule has 0 aromatic heterocycles. The molecule has 0 aromatic carbocycles. The van der Waals surface area contributed by atoms with Gasteiger partial charge in [0.25, 0.3) is 0 Å². The molecule has 0 aliphatic carbocycles. The smallest absolute Gasteiger partial charge is 0.221 e. The van der Waals surface area contributed by atoms with E-state index in [0.717, 1.165) is 19.6 Å². The SMILES string of the molecule is CCN(CCC(=O)NC)CC(C)(C)CN. The number of hydrogen-bond donors (Lipinski definition) is 2. The number of amides is 1. The van der Waals surface area contributed by atoms with Gasteiger partial charge in [-0.15, -0.1) is 0 Å². The molecule has 0 radical (unpaired) electrons. The summed E-state index contributed by atoms with van der Waals surface area (Å²) in [5, 5.41) is 2.63. The summed E-state index contributed by atoms with van der Waals surface area (Å²) in [5.74, 6) is 0.0963. The van der Waals surface area contributed by atoms with Crippen LogP contribution in [0.2, 0.25) is 0 Å². The zero-order chi connectivity index (χ0) is 11.9. The first-order chi connectivity index (χ1) is 6.95. The predicted molar refractivity (Wildman–Crippen MR) is 63.6 cm³/mol. The van der Waals surface area contributed by atoms with Crippen LogP contribution in [-0.2, 0) is 4.79 Å². The maximum Gasteiger partial charge on any atom is 0.221 e. The highest BCUT2D eigenvalue weighted by molar-refractivity contribution is 5.75. The van der Waals surface area contributed by atoms with Gasteiger partial charge >= 0.3 is 0 Å². The molecule has 0 spiro atoms. The third-order valence-corrected chi connectivity index (χ3v) is 2.59. The van der Waals surface area contributed by atoms with Crippen molar-refractivity contribution in [3.8, 4) is 0 Å². The van der Waals surface area contributed by atoms with Crippen LogP contribution in [0.25, 0.3) is 0 Å². The Bertz CT molecular complexity index is 192. The summed E-state index contributed by atoms with van der Waals surface area (Å²) < 4.78 is 0. The molecule has 0 atom stereocenters. The monoisotopic (exact) mass is 215 g/mol. The lowest BCUT2D eigenvalue weighted by molar-refractivity contribution is -0.121. The highest BCUT2D eigenvalue weighted by Gasteiger charge is 2.19. The molecule has 90 valence electrons. The van der Waals surface area contributed by atoms with Gasteiger partial charge in [0.05, 0.1) is 0 Å². The third-order valence-electron chi connectivity index (χ3n) is 2.59. The quantitative estimate of drug-likeness (QED) is 0.647. The molecule has 3 N–H and O–H groups in total. The zero-order valence-corrected chi connectivity index (χ0v) is 10.5. The van der Waals surface area contributed by atoms with Crippen LogP contribution in [0.3, 0.4) is 0 Å². The maximum absolute atomic E-state index is 11.1. The van der Waals surface area contributed by atoms with Crippen molar-refractivity contribution in [2.45, 2.75) is 27.2 Å². The number of nitrogens with two attached hydrogens (primary N) is 1. The fourth-order valence-corrected chi connectivity index (χ4v) is 1.40. The van der Waals surface area contributed by atoms with Gasteiger partial charge in [-0.3, -0.25) is 4.79 Å². The van der Waals surface area contributed by atoms with Gasteiger partial charge in [0.15, 0.2) is 0 Å². The van der Waals surface area contributed by atoms with Crippen molar-refractivity contribution in [1.82, 2.24) is 10.2 Å². The highest BCUT2D eigenvalue weighted by atomic mass is 16.1. The molecule has 0 aliphatic heterocycles. The minimum Gasteiger partial charge on any atom is -0.359 e. The van der Waals surface area contributed by atoms with Crippen molar-refractivity contribution < 1.29 is 4.79 Å². The first kappa shape index (κ1) is 14.4. The Labute approximate surface area is 93.2 Å². The Balaban J connectivity index is 3.98. The van der Waals surface area contributed by atoms with Crippen molar-refractivity contribution in [3.63, 3.8) is 0 Å². The van der Waals surface area contributed by atoms with Crippen LogP contribution in [0.5, 0.6) is 0 Å². The molecule has 0 unspecified atom stereocenters. The summed E-state index contributed by atoms with van der Waals surface area (Å²) in [6, 6.07) is 0. The summed E-state index contributed by atoms with van der Waals surface area (Å²) >= 11 is 0. The van der Waals surface area contributed by atoms with E-state index in [1.165, 1.54) is 0 Å². The minimum absolute atomic E-state index is 0.0963. The van der Waals surface area contributed by atoms with E-state index in [-0.39, 0.29) is 11.3 Å². The van der Waals surface area contributed by atoms with Gasteiger partial charge < -0.3 is 16.0 Å². The molecule has 0 heterocycles. The summed E-state index contributed by atoms with van der Waals surface area (Å²) in [5.41, 5.74) is 5.81. The van der Waals surface area contributed by atoms with Crippen molar-refractivity contribution in [2.24, 2.45) is 11.1 Å². The first-order valence-electron chi connectivity index (χ1n) is 5.58. The molecular formula is C11H25N3O. The Morgan fingerprint density at radius 2 is 2.07 bits per heavy atom. The van der Waals surface area contributed by atoms with Crippen molar-refractivity contribution >= 4 is 5.91 Å². The Morgan fingerprint density at radius 3 is 2.47 bits per heavy atom. The molecule has 1 amide bonds. The maximum atomic E-state index is 11.1. The second kappa shape index (κ2) is 6.80. The second-order valence-corrected chi connectivity index (χ2v) is 4.66. The molecule has 0 aliphatic rings. The van der Waals surface area contributed by atoms with E-state index in [2.05, 4.69) is 31.0 Å². The predicted octanol–water partition coefficient (Wildman–Crippen LogP) is 0.429. The van der Waals surface area contributed by atoms with Crippen LogP contribution < -0.4 is 11.1 Å². The van der Waals surface area contributed by atoms with Gasteiger partial charge in [0, 0.05) is 26.6 Å². The van der Waals surface area contributed by atoms with Gasteiger partial charge in [-0.1, -0.05) is 20.8 Å². The summed E-state index contributed by atoms with van der Waals surface area (Å²) in [7, 11) is 1.67. The average Bonchev–Trinajstić information content (AvgIpc) is 2.23. The molecule has 0 rings (SSSR count). The zero-order valence-electron chi connectivity index (χ0n) is 10.5. The average molecular weight is 215 g/mol. The topological polar surface area (TPSA) is 58.4 Å². The van der Waals surface area contributed by atoms with E-state index in [0.29, 0.717) is 13.0 Å². The number of nitrogens with zero attached hydrogens (tertiary/aromatic N) is 1. The van der Waals surface area contributed by atoms with Gasteiger partial charge in [0.2, 0.25) is 5.91 Å². The van der Waals surface area contributed by atoms with E-state index < -0.39 is 0 Å². The molecule has 15 heavy (non-hydrogen) atoms. The van der Waals surface area contributed by atoms with Crippen LogP contribution in [0, 0.1) is 5.41 Å². The van der Waals surface area contributed by atoms with E-state index in [9.17, 15) is 4.79 Å². The summed E-state index contributed by atoms with van der Waals surface area (Å²) in [6.45, 7) is 9.78. The minimum atomic E-state index is 0.0963. The van der Waals surface area contributed by atoms with Crippen LogP contribution in [0.1, 0.15) is 27.2 Å². The lowest BCUT2D eigenvalue weighted by Gasteiger charge is -2.30. The summed E-state index contributed by atoms with van der Waals surface area (Å²) in [4.78, 5) is 13.4. The molecule has 0 fully saturated rings. The summed E-state index contributed by atoms with van der Waals surface area (Å²) in [6.07, 6.45) is 0.561. The first-order valence-corrected chi connectivity index (χ1v) is 5.58. The number of nitrogens with one attached hydrogen (secondary N) is 1. The highest BCUT2D eigenvalue weighted by Crippen LogP contribution is 2.14. The largest absolute Gasteiger partial charge is 0.359 e. The normalized spacial score (nSPS) is 11.9. The molecule has 0 bridgehead atoms. The van der Waals surface area contributed by atoms with Gasteiger partial charge in [0.1, 0.15) is 0 Å². The van der Waals surface area contributed by atoms with Crippen LogP contribution in [-0.4, -0.2) is 44.0 Å². The molecule has 4 heteroatoms. The van der Waals surface area contributed by atoms with E-state index in [1.54, 1.807) is 7.05 Å². The molecule has 4 nitrogen and oxygen atoms in total. The van der Waals surface area contributed by atoms with Crippen molar-refractivity contribution in [2.75, 3.05) is 33.2 Å². The van der Waals surface area contributed by atoms with Crippen molar-refractivity contribution in [1.29, 1.82) is 0 Å². The number of carbonyl (C=O) groups excluding carboxylic acids is 1.